The maximum atomic E-state index is 2.49. The van der Waals surface area contributed by atoms with Crippen LogP contribution in [0.2, 0.25) is 0 Å². The highest BCUT2D eigenvalue weighted by Crippen LogP contribution is 2.37. The van der Waals surface area contributed by atoms with Crippen LogP contribution in [0.5, 0.6) is 0 Å². The van der Waals surface area contributed by atoms with E-state index in [9.17, 15) is 0 Å². The molecule has 228 valence electrons. The maximum absolute atomic E-state index is 2.49. The van der Waals surface area contributed by atoms with E-state index in [2.05, 4.69) is 173 Å². The highest BCUT2D eigenvalue weighted by molar-refractivity contribution is 5.95. The zero-order valence-corrected chi connectivity index (χ0v) is 26.7. The van der Waals surface area contributed by atoms with E-state index >= 15 is 0 Å². The van der Waals surface area contributed by atoms with Crippen molar-refractivity contribution < 1.29 is 0 Å². The number of benzene rings is 6. The van der Waals surface area contributed by atoms with E-state index in [1.54, 1.807) is 0 Å². The molecule has 0 amide bonds. The summed E-state index contributed by atoms with van der Waals surface area (Å²) in [5, 5.41) is 7.87. The molecule has 8 aromatic rings. The normalized spacial score (nSPS) is 15.3. The fraction of sp³-hybridized carbons (Fsp3) is 0.0870. The first-order valence-electron chi connectivity index (χ1n) is 17.1. The summed E-state index contributed by atoms with van der Waals surface area (Å²) in [6, 6.07) is 51.4. The van der Waals surface area contributed by atoms with Crippen molar-refractivity contribution in [2.45, 2.75) is 25.2 Å². The van der Waals surface area contributed by atoms with Gasteiger partial charge in [0.15, 0.2) is 0 Å². The SMILES string of the molecule is C1=Cc2c(c3cc(-c4ccc(C5C=c6c(n(-c7ccccc7)c7ccccc67)=CC5)cc4)ccc3n2-c2ccc3ccccc3c2)CC1. The molecule has 0 radical (unpaired) electrons. The monoisotopic (exact) mass is 614 g/mol. The Kier molecular flexibility index (Phi) is 6.17. The van der Waals surface area contributed by atoms with E-state index in [4.69, 9.17) is 0 Å². The summed E-state index contributed by atoms with van der Waals surface area (Å²) >= 11 is 0. The molecular weight excluding hydrogens is 581 g/mol. The fourth-order valence-electron chi connectivity index (χ4n) is 8.19. The molecule has 6 aromatic carbocycles. The molecule has 0 bridgehead atoms. The smallest absolute Gasteiger partial charge is 0.0540 e. The number of hydrogen-bond acceptors (Lipinski definition) is 0. The third kappa shape index (κ3) is 4.26. The van der Waals surface area contributed by atoms with E-state index in [1.165, 1.54) is 82.5 Å². The van der Waals surface area contributed by atoms with Gasteiger partial charge in [-0.15, -0.1) is 0 Å². The van der Waals surface area contributed by atoms with Crippen LogP contribution < -0.4 is 10.6 Å². The van der Waals surface area contributed by atoms with Gasteiger partial charge in [0.2, 0.25) is 0 Å². The minimum absolute atomic E-state index is 0.346. The lowest BCUT2D eigenvalue weighted by atomic mass is 9.90. The molecule has 0 aliphatic heterocycles. The molecule has 2 nitrogen and oxygen atoms in total. The van der Waals surface area contributed by atoms with E-state index in [0.29, 0.717) is 5.92 Å². The fourth-order valence-corrected chi connectivity index (χ4v) is 8.19. The first kappa shape index (κ1) is 27.3. The molecule has 2 aromatic heterocycles. The molecule has 1 atom stereocenters. The molecular formula is C46H34N2. The van der Waals surface area contributed by atoms with E-state index < -0.39 is 0 Å². The van der Waals surface area contributed by atoms with Gasteiger partial charge in [-0.2, -0.15) is 0 Å². The van der Waals surface area contributed by atoms with Gasteiger partial charge in [-0.05, 0) is 101 Å². The van der Waals surface area contributed by atoms with Crippen molar-refractivity contribution in [2.75, 3.05) is 0 Å². The zero-order valence-electron chi connectivity index (χ0n) is 26.7. The molecule has 0 fully saturated rings. The molecule has 2 aliphatic rings. The quantitative estimate of drug-likeness (QED) is 0.187. The minimum Gasteiger partial charge on any atom is -0.310 e. The molecule has 0 spiro atoms. The van der Waals surface area contributed by atoms with Gasteiger partial charge < -0.3 is 9.13 Å². The van der Waals surface area contributed by atoms with Crippen LogP contribution in [-0.2, 0) is 6.42 Å². The average molecular weight is 615 g/mol. The maximum Gasteiger partial charge on any atom is 0.0540 e. The molecule has 0 saturated carbocycles. The summed E-state index contributed by atoms with van der Waals surface area (Å²) in [7, 11) is 0. The van der Waals surface area contributed by atoms with Crippen LogP contribution in [0.3, 0.4) is 0 Å². The number of fused-ring (bicyclic) bond motifs is 7. The van der Waals surface area contributed by atoms with Crippen molar-refractivity contribution in [3.63, 3.8) is 0 Å². The highest BCUT2D eigenvalue weighted by atomic mass is 15.0. The molecule has 48 heavy (non-hydrogen) atoms. The van der Waals surface area contributed by atoms with Crippen LogP contribution in [0.25, 0.3) is 73.3 Å². The number of nitrogens with zero attached hydrogens (tertiary/aromatic N) is 2. The van der Waals surface area contributed by atoms with Gasteiger partial charge in [0.05, 0.1) is 11.0 Å². The van der Waals surface area contributed by atoms with Crippen LogP contribution >= 0.6 is 0 Å². The van der Waals surface area contributed by atoms with Gasteiger partial charge in [0.1, 0.15) is 0 Å². The Morgan fingerprint density at radius 1 is 0.562 bits per heavy atom. The molecule has 10 rings (SSSR count). The summed E-state index contributed by atoms with van der Waals surface area (Å²) in [4.78, 5) is 0. The highest BCUT2D eigenvalue weighted by Gasteiger charge is 2.20. The first-order valence-corrected chi connectivity index (χ1v) is 17.1. The summed E-state index contributed by atoms with van der Waals surface area (Å²) in [5.41, 5.74) is 11.6. The predicted octanol–water partition coefficient (Wildman–Crippen LogP) is 10.1. The number of allylic oxidation sites excluding steroid dienone is 1. The van der Waals surface area contributed by atoms with Crippen molar-refractivity contribution >= 4 is 50.8 Å². The van der Waals surface area contributed by atoms with Crippen LogP contribution in [0.4, 0.5) is 0 Å². The van der Waals surface area contributed by atoms with Gasteiger partial charge in [0.25, 0.3) is 0 Å². The second-order valence-electron chi connectivity index (χ2n) is 13.2. The molecule has 2 heterocycles. The first-order chi connectivity index (χ1) is 23.8. The number of para-hydroxylation sites is 2. The van der Waals surface area contributed by atoms with Crippen molar-refractivity contribution in [1.82, 2.24) is 9.13 Å². The Bertz CT molecular complexity index is 2680. The number of aromatic nitrogens is 2. The molecule has 0 N–H and O–H groups in total. The van der Waals surface area contributed by atoms with Crippen LogP contribution in [-0.4, -0.2) is 9.13 Å². The van der Waals surface area contributed by atoms with Crippen molar-refractivity contribution in [2.24, 2.45) is 0 Å². The number of rotatable bonds is 4. The molecule has 2 aliphatic carbocycles. The van der Waals surface area contributed by atoms with Crippen LogP contribution in [0.1, 0.15) is 35.6 Å². The number of aryl methyl sites for hydroxylation is 1. The summed E-state index contributed by atoms with van der Waals surface area (Å²) in [6.07, 6.45) is 12.7. The zero-order chi connectivity index (χ0) is 31.6. The minimum atomic E-state index is 0.346. The van der Waals surface area contributed by atoms with Gasteiger partial charge in [-0.3, -0.25) is 0 Å². The molecule has 1 unspecified atom stereocenters. The van der Waals surface area contributed by atoms with E-state index in [0.717, 1.165) is 19.3 Å². The standard InChI is InChI=1S/C46H34N2/c1-2-12-37(13-3-1)47-43-16-8-6-14-39(43)41-29-35(23-26-45(41)47)32-18-20-33(21-19-32)36-24-27-46-42(30-36)40-15-7-9-17-44(40)48(46)38-25-22-31-10-4-5-11-34(31)28-38/h1-6,8-14,16-22,24-30,35H,7,15,23H2. The van der Waals surface area contributed by atoms with Gasteiger partial charge in [-0.25, -0.2) is 0 Å². The van der Waals surface area contributed by atoms with Gasteiger partial charge in [0, 0.05) is 44.3 Å². The summed E-state index contributed by atoms with van der Waals surface area (Å²) in [5.74, 6) is 0.346. The Labute approximate surface area is 279 Å². The van der Waals surface area contributed by atoms with E-state index in [1.807, 2.05) is 0 Å². The van der Waals surface area contributed by atoms with Gasteiger partial charge in [-0.1, -0.05) is 115 Å². The topological polar surface area (TPSA) is 9.86 Å². The van der Waals surface area contributed by atoms with Crippen LogP contribution in [0.15, 0.2) is 146 Å². The molecule has 2 heteroatoms. The van der Waals surface area contributed by atoms with Crippen molar-refractivity contribution in [3.05, 3.63) is 173 Å². The van der Waals surface area contributed by atoms with Crippen LogP contribution in [0, 0.1) is 0 Å². The lowest BCUT2D eigenvalue weighted by molar-refractivity contribution is 0.907. The second kappa shape index (κ2) is 10.9. The molecule has 0 saturated heterocycles. The summed E-state index contributed by atoms with van der Waals surface area (Å²) < 4.78 is 4.87. The Balaban J connectivity index is 1.03. The Hall–Kier alpha value is -5.86. The van der Waals surface area contributed by atoms with Crippen molar-refractivity contribution in [3.8, 4) is 22.5 Å². The summed E-state index contributed by atoms with van der Waals surface area (Å²) in [6.45, 7) is 0. The third-order valence-electron chi connectivity index (χ3n) is 10.5. The third-order valence-corrected chi connectivity index (χ3v) is 10.5. The lowest BCUT2D eigenvalue weighted by Crippen LogP contribution is -2.31. The Morgan fingerprint density at radius 3 is 2.23 bits per heavy atom. The Morgan fingerprint density at radius 2 is 1.33 bits per heavy atom. The number of hydrogen-bond donors (Lipinski definition) is 0. The lowest BCUT2D eigenvalue weighted by Gasteiger charge is -2.15. The largest absolute Gasteiger partial charge is 0.310 e. The second-order valence-corrected chi connectivity index (χ2v) is 13.2. The predicted molar refractivity (Wildman–Crippen MR) is 202 cm³/mol. The van der Waals surface area contributed by atoms with Gasteiger partial charge >= 0.3 is 0 Å². The van der Waals surface area contributed by atoms with Crippen molar-refractivity contribution in [1.29, 1.82) is 0 Å². The van der Waals surface area contributed by atoms with E-state index in [-0.39, 0.29) is 0 Å². The average Bonchev–Trinajstić information content (AvgIpc) is 3.67.